The van der Waals surface area contributed by atoms with Gasteiger partial charge >= 0.3 is 5.97 Å². The van der Waals surface area contributed by atoms with Crippen molar-refractivity contribution < 1.29 is 19.5 Å². The van der Waals surface area contributed by atoms with Gasteiger partial charge in [0.05, 0.1) is 0 Å². The van der Waals surface area contributed by atoms with Crippen molar-refractivity contribution in [3.63, 3.8) is 0 Å². The lowest BCUT2D eigenvalue weighted by Gasteiger charge is -1.93. The van der Waals surface area contributed by atoms with Gasteiger partial charge in [0, 0.05) is 17.2 Å². The Labute approximate surface area is 73.7 Å². The molecule has 0 aromatic heterocycles. The fraction of sp³-hybridized carbons (Fsp3) is 0.125. The van der Waals surface area contributed by atoms with Crippen molar-refractivity contribution in [2.24, 2.45) is 0 Å². The minimum atomic E-state index is -1.12. The molecule has 0 radical (unpaired) electrons. The van der Waals surface area contributed by atoms with Crippen LogP contribution in [0.25, 0.3) is 0 Å². The SMILES string of the molecule is CC(=CC1=CC(=O)NC1=O)C(=O)O. The van der Waals surface area contributed by atoms with E-state index in [-0.39, 0.29) is 11.1 Å². The fourth-order valence-corrected chi connectivity index (χ4v) is 0.829. The maximum absolute atomic E-state index is 10.9. The number of carboxylic acids is 1. The van der Waals surface area contributed by atoms with Crippen molar-refractivity contribution in [3.05, 3.63) is 23.3 Å². The van der Waals surface area contributed by atoms with Gasteiger partial charge in [0.15, 0.2) is 0 Å². The van der Waals surface area contributed by atoms with Crippen LogP contribution in [0.4, 0.5) is 0 Å². The molecule has 0 atom stereocenters. The van der Waals surface area contributed by atoms with Crippen LogP contribution in [-0.4, -0.2) is 22.9 Å². The minimum Gasteiger partial charge on any atom is -0.478 e. The van der Waals surface area contributed by atoms with E-state index >= 15 is 0 Å². The Balaban J connectivity index is 2.92. The molecular formula is C8H7NO4. The third-order valence-corrected chi connectivity index (χ3v) is 1.49. The summed E-state index contributed by atoms with van der Waals surface area (Å²) in [7, 11) is 0. The van der Waals surface area contributed by atoms with Crippen LogP contribution in [0.3, 0.4) is 0 Å². The zero-order valence-corrected chi connectivity index (χ0v) is 6.83. The molecule has 0 saturated heterocycles. The van der Waals surface area contributed by atoms with Crippen LogP contribution in [-0.2, 0) is 14.4 Å². The fourth-order valence-electron chi connectivity index (χ4n) is 0.829. The molecule has 2 N–H and O–H groups in total. The van der Waals surface area contributed by atoms with Crippen molar-refractivity contribution in [2.45, 2.75) is 6.92 Å². The Morgan fingerprint density at radius 1 is 1.54 bits per heavy atom. The molecule has 0 saturated carbocycles. The predicted octanol–water partition coefficient (Wildman–Crippen LogP) is -0.400. The second-order valence-corrected chi connectivity index (χ2v) is 2.55. The molecule has 1 aliphatic rings. The lowest BCUT2D eigenvalue weighted by molar-refractivity contribution is -0.132. The maximum atomic E-state index is 10.9. The Kier molecular flexibility index (Phi) is 2.27. The Morgan fingerprint density at radius 2 is 2.15 bits per heavy atom. The predicted molar refractivity (Wildman–Crippen MR) is 42.6 cm³/mol. The Bertz CT molecular complexity index is 351. The van der Waals surface area contributed by atoms with Gasteiger partial charge in [-0.3, -0.25) is 14.9 Å². The minimum absolute atomic E-state index is 0.0103. The Hall–Kier alpha value is -1.91. The van der Waals surface area contributed by atoms with Gasteiger partial charge in [0.1, 0.15) is 0 Å². The average Bonchev–Trinajstić information content (AvgIpc) is 2.30. The molecule has 0 fully saturated rings. The average molecular weight is 181 g/mol. The topological polar surface area (TPSA) is 83.5 Å². The van der Waals surface area contributed by atoms with Gasteiger partial charge in [-0.2, -0.15) is 0 Å². The molecule has 0 bridgehead atoms. The first kappa shape index (κ1) is 9.18. The van der Waals surface area contributed by atoms with Crippen molar-refractivity contribution in [3.8, 4) is 0 Å². The summed E-state index contributed by atoms with van der Waals surface area (Å²) in [6.45, 7) is 1.35. The third-order valence-electron chi connectivity index (χ3n) is 1.49. The summed E-state index contributed by atoms with van der Waals surface area (Å²) in [6.07, 6.45) is 2.22. The normalized spacial score (nSPS) is 17.0. The highest BCUT2D eigenvalue weighted by Gasteiger charge is 2.19. The van der Waals surface area contributed by atoms with Gasteiger partial charge in [-0.1, -0.05) is 0 Å². The van der Waals surface area contributed by atoms with Crippen LogP contribution >= 0.6 is 0 Å². The zero-order chi connectivity index (χ0) is 10.0. The highest BCUT2D eigenvalue weighted by Crippen LogP contribution is 2.07. The van der Waals surface area contributed by atoms with Gasteiger partial charge in [-0.05, 0) is 13.0 Å². The standard InChI is InChI=1S/C8H7NO4/c1-4(8(12)13)2-5-3-6(10)9-7(5)11/h2-3H,1H3,(H,12,13)(H,9,10,11). The van der Waals surface area contributed by atoms with Crippen molar-refractivity contribution in [1.29, 1.82) is 0 Å². The quantitative estimate of drug-likeness (QED) is 0.448. The number of amides is 2. The van der Waals surface area contributed by atoms with E-state index in [0.717, 1.165) is 12.2 Å². The molecule has 0 aromatic rings. The summed E-state index contributed by atoms with van der Waals surface area (Å²) in [4.78, 5) is 31.9. The largest absolute Gasteiger partial charge is 0.478 e. The van der Waals surface area contributed by atoms with E-state index in [1.54, 1.807) is 0 Å². The van der Waals surface area contributed by atoms with Gasteiger partial charge in [-0.25, -0.2) is 4.79 Å². The molecule has 13 heavy (non-hydrogen) atoms. The molecule has 68 valence electrons. The summed E-state index contributed by atoms with van der Waals surface area (Å²) in [5.41, 5.74) is 0.0843. The summed E-state index contributed by atoms with van der Waals surface area (Å²) in [5, 5.41) is 10.5. The number of nitrogens with one attached hydrogen (secondary N) is 1. The van der Waals surface area contributed by atoms with E-state index in [0.29, 0.717) is 0 Å². The van der Waals surface area contributed by atoms with Gasteiger partial charge in [0.2, 0.25) is 0 Å². The van der Waals surface area contributed by atoms with Crippen LogP contribution in [0.1, 0.15) is 6.92 Å². The van der Waals surface area contributed by atoms with Gasteiger partial charge in [-0.15, -0.1) is 0 Å². The summed E-state index contributed by atoms with van der Waals surface area (Å²) < 4.78 is 0. The van der Waals surface area contributed by atoms with Crippen molar-refractivity contribution >= 4 is 17.8 Å². The van der Waals surface area contributed by atoms with Crippen LogP contribution in [0.15, 0.2) is 23.3 Å². The molecule has 1 heterocycles. The molecule has 1 aliphatic heterocycles. The zero-order valence-electron chi connectivity index (χ0n) is 6.83. The van der Waals surface area contributed by atoms with E-state index < -0.39 is 17.8 Å². The molecular weight excluding hydrogens is 174 g/mol. The molecule has 0 unspecified atom stereocenters. The van der Waals surface area contributed by atoms with E-state index in [1.165, 1.54) is 6.92 Å². The first-order chi connectivity index (χ1) is 6.00. The first-order valence-corrected chi connectivity index (χ1v) is 3.49. The summed E-state index contributed by atoms with van der Waals surface area (Å²) in [6, 6.07) is 0. The number of carbonyl (C=O) groups is 3. The van der Waals surface area contributed by atoms with Gasteiger partial charge < -0.3 is 5.11 Å². The molecule has 0 aliphatic carbocycles. The lowest BCUT2D eigenvalue weighted by atomic mass is 10.2. The lowest BCUT2D eigenvalue weighted by Crippen LogP contribution is -2.21. The molecule has 0 spiro atoms. The molecule has 2 amide bonds. The first-order valence-electron chi connectivity index (χ1n) is 3.49. The van der Waals surface area contributed by atoms with Gasteiger partial charge in [0.25, 0.3) is 11.8 Å². The number of hydrogen-bond acceptors (Lipinski definition) is 3. The Morgan fingerprint density at radius 3 is 2.54 bits per heavy atom. The molecule has 1 rings (SSSR count). The molecule has 0 aromatic carbocycles. The number of aliphatic carboxylic acids is 1. The second-order valence-electron chi connectivity index (χ2n) is 2.55. The molecule has 5 heteroatoms. The van der Waals surface area contributed by atoms with E-state index in [9.17, 15) is 14.4 Å². The van der Waals surface area contributed by atoms with E-state index in [4.69, 9.17) is 5.11 Å². The number of hydrogen-bond donors (Lipinski definition) is 2. The van der Waals surface area contributed by atoms with Crippen LogP contribution in [0.2, 0.25) is 0 Å². The van der Waals surface area contributed by atoms with E-state index in [1.807, 2.05) is 5.32 Å². The van der Waals surface area contributed by atoms with Crippen molar-refractivity contribution in [1.82, 2.24) is 5.32 Å². The number of rotatable bonds is 2. The van der Waals surface area contributed by atoms with E-state index in [2.05, 4.69) is 0 Å². The summed E-state index contributed by atoms with van der Waals surface area (Å²) >= 11 is 0. The van der Waals surface area contributed by atoms with Crippen LogP contribution in [0, 0.1) is 0 Å². The van der Waals surface area contributed by atoms with Crippen molar-refractivity contribution in [2.75, 3.05) is 0 Å². The second kappa shape index (κ2) is 3.22. The monoisotopic (exact) mass is 181 g/mol. The van der Waals surface area contributed by atoms with Crippen LogP contribution in [0.5, 0.6) is 0 Å². The summed E-state index contributed by atoms with van der Waals surface area (Å²) in [5.74, 6) is -2.20. The van der Waals surface area contributed by atoms with Crippen LogP contribution < -0.4 is 5.32 Å². The highest BCUT2D eigenvalue weighted by atomic mass is 16.4. The maximum Gasteiger partial charge on any atom is 0.331 e. The number of imide groups is 1. The number of carboxylic acid groups (broad SMARTS) is 1. The highest BCUT2D eigenvalue weighted by molar-refractivity contribution is 6.18. The third kappa shape index (κ3) is 2.02. The number of carbonyl (C=O) groups excluding carboxylic acids is 2. The molecule has 5 nitrogen and oxygen atoms in total. The smallest absolute Gasteiger partial charge is 0.331 e.